The fourth-order valence-electron chi connectivity index (χ4n) is 3.92. The maximum Gasteiger partial charge on any atom is 0.408 e. The third-order valence-electron chi connectivity index (χ3n) is 5.70. The molecule has 168 valence electrons. The lowest BCUT2D eigenvalue weighted by Gasteiger charge is -2.17. The Labute approximate surface area is 180 Å². The minimum Gasteiger partial charge on any atom is -0.491 e. The van der Waals surface area contributed by atoms with Gasteiger partial charge in [0.2, 0.25) is 0 Å². The van der Waals surface area contributed by atoms with Crippen molar-refractivity contribution in [3.63, 3.8) is 0 Å². The van der Waals surface area contributed by atoms with E-state index in [0.717, 1.165) is 11.0 Å². The molecule has 1 amide bonds. The van der Waals surface area contributed by atoms with Crippen molar-refractivity contribution in [3.8, 4) is 34.4 Å². The van der Waals surface area contributed by atoms with Gasteiger partial charge < -0.3 is 19.8 Å². The number of carbonyl (C=O) groups excluding carboxylic acids is 1. The average Bonchev–Trinajstić information content (AvgIpc) is 3.03. The fourth-order valence-corrected chi connectivity index (χ4v) is 3.92. The summed E-state index contributed by atoms with van der Waals surface area (Å²) >= 11 is 0. The minimum atomic E-state index is -4.43. The van der Waals surface area contributed by atoms with E-state index in [-0.39, 0.29) is 17.4 Å². The summed E-state index contributed by atoms with van der Waals surface area (Å²) in [6.45, 7) is 1.38. The third kappa shape index (κ3) is 3.45. The van der Waals surface area contributed by atoms with Crippen LogP contribution in [0.2, 0.25) is 0 Å². The van der Waals surface area contributed by atoms with Crippen LogP contribution < -0.4 is 15.2 Å². The lowest BCUT2D eigenvalue weighted by atomic mass is 10.1. The third-order valence-corrected chi connectivity index (χ3v) is 5.70. The quantitative estimate of drug-likeness (QED) is 0.642. The topological polar surface area (TPSA) is 110 Å². The molecule has 32 heavy (non-hydrogen) atoms. The number of nitrogens with zero attached hydrogens (tertiary/aromatic N) is 5. The zero-order valence-electron chi connectivity index (χ0n) is 17.0. The van der Waals surface area contributed by atoms with E-state index in [0.29, 0.717) is 42.5 Å². The smallest absolute Gasteiger partial charge is 0.408 e. The number of fused-ring (bicyclic) bond motifs is 3. The predicted molar refractivity (Wildman–Crippen MR) is 105 cm³/mol. The van der Waals surface area contributed by atoms with Crippen molar-refractivity contribution >= 4 is 5.91 Å². The van der Waals surface area contributed by atoms with Gasteiger partial charge in [0, 0.05) is 24.6 Å². The van der Waals surface area contributed by atoms with Crippen molar-refractivity contribution in [2.24, 2.45) is 11.7 Å². The Hall–Kier alpha value is -3.57. The number of imidazole rings is 1. The standard InChI is InChI=1S/C20H19F3N6O3/c1-11-7-19(11,18(24)30)32-12-2-3-13-15(6-12)31-5-4-28-8-14(27-16(13)28)17-25-10-26-29(17)9-20(21,22)23/h2-3,6,8,10-11H,4-5,7,9H2,1H3,(H2,24,30). The summed E-state index contributed by atoms with van der Waals surface area (Å²) in [5.41, 5.74) is 5.41. The first-order chi connectivity index (χ1) is 15.2. The van der Waals surface area contributed by atoms with Gasteiger partial charge in [0.05, 0.1) is 12.1 Å². The minimum absolute atomic E-state index is 0.0234. The number of primary amides is 1. The van der Waals surface area contributed by atoms with Crippen molar-refractivity contribution in [2.45, 2.75) is 38.2 Å². The number of aromatic nitrogens is 5. The van der Waals surface area contributed by atoms with Gasteiger partial charge in [-0.05, 0) is 12.1 Å². The summed E-state index contributed by atoms with van der Waals surface area (Å²) in [4.78, 5) is 20.3. The molecule has 0 bridgehead atoms. The predicted octanol–water partition coefficient (Wildman–Crippen LogP) is 2.41. The van der Waals surface area contributed by atoms with Crippen LogP contribution in [0.1, 0.15) is 13.3 Å². The molecular weight excluding hydrogens is 429 g/mol. The van der Waals surface area contributed by atoms with Crippen LogP contribution in [0.3, 0.4) is 0 Å². The van der Waals surface area contributed by atoms with E-state index >= 15 is 0 Å². The summed E-state index contributed by atoms with van der Waals surface area (Å²) in [5.74, 6) is 0.987. The first-order valence-corrected chi connectivity index (χ1v) is 9.94. The SMILES string of the molecule is CC1CC1(Oc1ccc2c(c1)OCCn1cc(-c3ncnn3CC(F)(F)F)nc1-2)C(N)=O. The molecule has 3 aromatic rings. The largest absolute Gasteiger partial charge is 0.491 e. The molecule has 1 saturated carbocycles. The van der Waals surface area contributed by atoms with Crippen LogP contribution in [0, 0.1) is 5.92 Å². The van der Waals surface area contributed by atoms with Crippen LogP contribution in [0.4, 0.5) is 13.2 Å². The number of hydrogen-bond donors (Lipinski definition) is 1. The van der Waals surface area contributed by atoms with E-state index in [1.165, 1.54) is 0 Å². The van der Waals surface area contributed by atoms with E-state index in [2.05, 4.69) is 15.1 Å². The van der Waals surface area contributed by atoms with Crippen LogP contribution in [0.25, 0.3) is 22.9 Å². The van der Waals surface area contributed by atoms with Gasteiger partial charge in [-0.15, -0.1) is 0 Å². The number of nitrogens with two attached hydrogens (primary N) is 1. The monoisotopic (exact) mass is 448 g/mol. The number of alkyl halides is 3. The van der Waals surface area contributed by atoms with Gasteiger partial charge in [0.15, 0.2) is 11.4 Å². The molecule has 2 atom stereocenters. The maximum atomic E-state index is 12.9. The van der Waals surface area contributed by atoms with Crippen LogP contribution in [0.15, 0.2) is 30.7 Å². The van der Waals surface area contributed by atoms with E-state index in [9.17, 15) is 18.0 Å². The lowest BCUT2D eigenvalue weighted by Crippen LogP contribution is -2.37. The van der Waals surface area contributed by atoms with Crippen LogP contribution in [-0.4, -0.2) is 48.6 Å². The fraction of sp³-hybridized carbons (Fsp3) is 0.400. The summed E-state index contributed by atoms with van der Waals surface area (Å²) in [7, 11) is 0. The number of amides is 1. The molecule has 1 aliphatic heterocycles. The summed E-state index contributed by atoms with van der Waals surface area (Å²) < 4.78 is 52.9. The van der Waals surface area contributed by atoms with Crippen molar-refractivity contribution in [2.75, 3.05) is 6.61 Å². The molecule has 9 nitrogen and oxygen atoms in total. The molecule has 2 aromatic heterocycles. The molecule has 5 rings (SSSR count). The first-order valence-electron chi connectivity index (χ1n) is 9.94. The average molecular weight is 448 g/mol. The molecule has 0 spiro atoms. The van der Waals surface area contributed by atoms with Gasteiger partial charge in [-0.2, -0.15) is 18.3 Å². The number of halogens is 3. The number of hydrogen-bond acceptors (Lipinski definition) is 6. The van der Waals surface area contributed by atoms with Gasteiger partial charge in [0.1, 0.15) is 42.5 Å². The number of ether oxygens (including phenoxy) is 2. The van der Waals surface area contributed by atoms with E-state index < -0.39 is 24.2 Å². The van der Waals surface area contributed by atoms with Crippen LogP contribution >= 0.6 is 0 Å². The van der Waals surface area contributed by atoms with Crippen molar-refractivity contribution < 1.29 is 27.4 Å². The van der Waals surface area contributed by atoms with Gasteiger partial charge in [-0.25, -0.2) is 14.6 Å². The second-order valence-corrected chi connectivity index (χ2v) is 7.97. The number of rotatable bonds is 5. The Morgan fingerprint density at radius 2 is 2.16 bits per heavy atom. The van der Waals surface area contributed by atoms with Gasteiger partial charge in [-0.1, -0.05) is 6.92 Å². The molecule has 2 unspecified atom stereocenters. The molecule has 0 radical (unpaired) electrons. The van der Waals surface area contributed by atoms with Gasteiger partial charge in [-0.3, -0.25) is 4.79 Å². The highest BCUT2D eigenvalue weighted by Gasteiger charge is 2.59. The molecule has 2 N–H and O–H groups in total. The highest BCUT2D eigenvalue weighted by molar-refractivity contribution is 5.87. The number of carbonyl (C=O) groups is 1. The summed E-state index contributed by atoms with van der Waals surface area (Å²) in [5, 5.41) is 3.68. The Morgan fingerprint density at radius 3 is 2.84 bits per heavy atom. The Bertz CT molecular complexity index is 1200. The molecular formula is C20H19F3N6O3. The summed E-state index contributed by atoms with van der Waals surface area (Å²) in [6, 6.07) is 5.09. The van der Waals surface area contributed by atoms with Crippen LogP contribution in [0.5, 0.6) is 11.5 Å². The molecule has 1 aromatic carbocycles. The second kappa shape index (κ2) is 6.97. The Kier molecular flexibility index (Phi) is 4.43. The van der Waals surface area contributed by atoms with E-state index in [4.69, 9.17) is 15.2 Å². The molecule has 1 aliphatic carbocycles. The molecule has 2 aliphatic rings. The zero-order chi connectivity index (χ0) is 22.7. The van der Waals surface area contributed by atoms with Crippen molar-refractivity contribution in [1.82, 2.24) is 24.3 Å². The van der Waals surface area contributed by atoms with Crippen molar-refractivity contribution in [1.29, 1.82) is 0 Å². The Balaban J connectivity index is 1.48. The van der Waals surface area contributed by atoms with Crippen LogP contribution in [-0.2, 0) is 17.9 Å². The lowest BCUT2D eigenvalue weighted by molar-refractivity contribution is -0.142. The maximum absolute atomic E-state index is 12.9. The second-order valence-electron chi connectivity index (χ2n) is 7.97. The molecule has 12 heteroatoms. The van der Waals surface area contributed by atoms with Gasteiger partial charge >= 0.3 is 6.18 Å². The first kappa shape index (κ1) is 20.3. The van der Waals surface area contributed by atoms with E-state index in [1.54, 1.807) is 29.0 Å². The van der Waals surface area contributed by atoms with E-state index in [1.807, 2.05) is 6.92 Å². The van der Waals surface area contributed by atoms with Gasteiger partial charge in [0.25, 0.3) is 5.91 Å². The number of benzene rings is 1. The Morgan fingerprint density at radius 1 is 1.38 bits per heavy atom. The zero-order valence-corrected chi connectivity index (χ0v) is 17.0. The molecule has 1 fully saturated rings. The highest BCUT2D eigenvalue weighted by atomic mass is 19.4. The molecule has 3 heterocycles. The van der Waals surface area contributed by atoms with Crippen molar-refractivity contribution in [3.05, 3.63) is 30.7 Å². The summed E-state index contributed by atoms with van der Waals surface area (Å²) in [6.07, 6.45) is -1.19. The molecule has 0 saturated heterocycles. The normalized spacial score (nSPS) is 21.8. The highest BCUT2D eigenvalue weighted by Crippen LogP contribution is 2.47.